The molecule has 2 aromatic carbocycles. The molecule has 0 fully saturated rings. The maximum absolute atomic E-state index is 5.44. The maximum atomic E-state index is 5.44. The Morgan fingerprint density at radius 2 is 1.63 bits per heavy atom. The molecule has 3 aromatic rings. The Morgan fingerprint density at radius 3 is 2.42 bits per heavy atom. The minimum atomic E-state index is 0.673. The molecule has 0 radical (unpaired) electrons. The summed E-state index contributed by atoms with van der Waals surface area (Å²) in [5, 5.41) is 0. The average Bonchev–Trinajstić information content (AvgIpc) is 2.67. The second-order valence-electron chi connectivity index (χ2n) is 4.02. The molecule has 0 aliphatic heterocycles. The van der Waals surface area contributed by atoms with E-state index in [1.807, 2.05) is 41.0 Å². The number of nitrogens with zero attached hydrogens (tertiary/aromatic N) is 1. The molecule has 0 aliphatic rings. The molecule has 1 N–H and O–H groups in total. The molecule has 0 amide bonds. The normalized spacial score (nSPS) is 11.1. The fourth-order valence-electron chi connectivity index (χ4n) is 1.98. The van der Waals surface area contributed by atoms with Gasteiger partial charge in [0.15, 0.2) is 4.77 Å². The second kappa shape index (κ2) is 5.16. The number of benzene rings is 2. The van der Waals surface area contributed by atoms with Crippen molar-refractivity contribution in [1.29, 1.82) is 0 Å². The largest absolute Gasteiger partial charge is 0.330 e. The van der Waals surface area contributed by atoms with Crippen molar-refractivity contribution in [3.8, 4) is 5.69 Å². The van der Waals surface area contributed by atoms with Gasteiger partial charge in [-0.2, -0.15) is 0 Å². The van der Waals surface area contributed by atoms with Gasteiger partial charge in [-0.3, -0.25) is 4.57 Å². The summed E-state index contributed by atoms with van der Waals surface area (Å²) in [6.45, 7) is 0. The molecule has 3 rings (SSSR count). The number of nitrogens with one attached hydrogen (secondary N) is 1. The summed E-state index contributed by atoms with van der Waals surface area (Å²) in [5.41, 5.74) is 3.06. The first-order chi connectivity index (χ1) is 9.06. The molecule has 6 heteroatoms. The first kappa shape index (κ1) is 13.5. The monoisotopic (exact) mass is 460 g/mol. The predicted molar refractivity (Wildman–Crippen MR) is 91.6 cm³/mol. The molecule has 1 aromatic heterocycles. The van der Waals surface area contributed by atoms with Crippen LogP contribution in [0.2, 0.25) is 0 Å². The van der Waals surface area contributed by atoms with Gasteiger partial charge in [-0.1, -0.05) is 31.9 Å². The van der Waals surface area contributed by atoms with Gasteiger partial charge >= 0.3 is 0 Å². The summed E-state index contributed by atoms with van der Waals surface area (Å²) in [7, 11) is 0. The van der Waals surface area contributed by atoms with Crippen molar-refractivity contribution in [2.24, 2.45) is 0 Å². The van der Waals surface area contributed by atoms with E-state index in [4.69, 9.17) is 12.2 Å². The van der Waals surface area contributed by atoms with Gasteiger partial charge in [-0.15, -0.1) is 0 Å². The summed E-state index contributed by atoms with van der Waals surface area (Å²) in [6, 6.07) is 12.1. The third-order valence-electron chi connectivity index (χ3n) is 2.79. The van der Waals surface area contributed by atoms with Crippen molar-refractivity contribution in [2.75, 3.05) is 0 Å². The van der Waals surface area contributed by atoms with E-state index in [2.05, 4.69) is 52.8 Å². The topological polar surface area (TPSA) is 20.7 Å². The third kappa shape index (κ3) is 2.46. The zero-order chi connectivity index (χ0) is 13.6. The molecule has 0 saturated heterocycles. The quantitative estimate of drug-likeness (QED) is 0.441. The maximum Gasteiger partial charge on any atom is 0.182 e. The van der Waals surface area contributed by atoms with E-state index >= 15 is 0 Å². The van der Waals surface area contributed by atoms with Gasteiger partial charge in [0.2, 0.25) is 0 Å². The highest BCUT2D eigenvalue weighted by atomic mass is 79.9. The smallest absolute Gasteiger partial charge is 0.182 e. The highest BCUT2D eigenvalue weighted by molar-refractivity contribution is 9.11. The zero-order valence-electron chi connectivity index (χ0n) is 9.45. The first-order valence-corrected chi connectivity index (χ1v) is 8.21. The molecular formula is C13H7Br3N2S. The van der Waals surface area contributed by atoms with E-state index < -0.39 is 0 Å². The zero-order valence-corrected chi connectivity index (χ0v) is 15.0. The Labute approximate surface area is 140 Å². The second-order valence-corrected chi connectivity index (χ2v) is 7.10. The van der Waals surface area contributed by atoms with Crippen LogP contribution in [-0.2, 0) is 0 Å². The third-order valence-corrected chi connectivity index (χ3v) is 4.73. The SMILES string of the molecule is S=c1[nH]c2cc(Br)ccc2n1-c1cc(Br)ccc1Br. The van der Waals surface area contributed by atoms with Crippen LogP contribution in [-0.4, -0.2) is 9.55 Å². The summed E-state index contributed by atoms with van der Waals surface area (Å²) < 4.78 is 5.73. The van der Waals surface area contributed by atoms with E-state index in [1.165, 1.54) is 0 Å². The van der Waals surface area contributed by atoms with Crippen LogP contribution in [0.4, 0.5) is 0 Å². The summed E-state index contributed by atoms with van der Waals surface area (Å²) in [5.74, 6) is 0. The number of hydrogen-bond donors (Lipinski definition) is 1. The highest BCUT2D eigenvalue weighted by Gasteiger charge is 2.10. The Kier molecular flexibility index (Phi) is 3.68. The molecule has 0 bridgehead atoms. The Morgan fingerprint density at radius 1 is 0.947 bits per heavy atom. The summed E-state index contributed by atoms with van der Waals surface area (Å²) in [4.78, 5) is 3.22. The van der Waals surface area contributed by atoms with Crippen LogP contribution in [0.1, 0.15) is 0 Å². The van der Waals surface area contributed by atoms with Crippen LogP contribution >= 0.6 is 60.0 Å². The summed E-state index contributed by atoms with van der Waals surface area (Å²) in [6.07, 6.45) is 0. The van der Waals surface area contributed by atoms with Crippen molar-refractivity contribution >= 4 is 71.0 Å². The standard InChI is InChI=1S/C13H7Br3N2S/c14-7-2-4-11-10(5-7)17-13(19)18(11)12-6-8(15)1-3-9(12)16/h1-6H,(H,17,19). The number of rotatable bonds is 1. The molecule has 0 unspecified atom stereocenters. The molecule has 0 saturated carbocycles. The van der Waals surface area contributed by atoms with Crippen molar-refractivity contribution < 1.29 is 0 Å². The number of hydrogen-bond acceptors (Lipinski definition) is 1. The lowest BCUT2D eigenvalue weighted by molar-refractivity contribution is 1.06. The van der Waals surface area contributed by atoms with E-state index in [1.54, 1.807) is 0 Å². The minimum Gasteiger partial charge on any atom is -0.330 e. The van der Waals surface area contributed by atoms with Crippen LogP contribution in [0.3, 0.4) is 0 Å². The molecule has 0 spiro atoms. The van der Waals surface area contributed by atoms with Gasteiger partial charge < -0.3 is 4.98 Å². The van der Waals surface area contributed by atoms with Crippen LogP contribution < -0.4 is 0 Å². The number of halogens is 3. The van der Waals surface area contributed by atoms with E-state index in [9.17, 15) is 0 Å². The molecule has 19 heavy (non-hydrogen) atoms. The van der Waals surface area contributed by atoms with Crippen LogP contribution in [0.15, 0.2) is 49.8 Å². The molecule has 0 aliphatic carbocycles. The fourth-order valence-corrected chi connectivity index (χ4v) is 3.42. The molecule has 96 valence electrons. The lowest BCUT2D eigenvalue weighted by atomic mass is 10.3. The average molecular weight is 463 g/mol. The highest BCUT2D eigenvalue weighted by Crippen LogP contribution is 2.29. The fraction of sp³-hybridized carbons (Fsp3) is 0. The van der Waals surface area contributed by atoms with Crippen LogP contribution in [0.25, 0.3) is 16.7 Å². The van der Waals surface area contributed by atoms with Gasteiger partial charge in [0.25, 0.3) is 0 Å². The van der Waals surface area contributed by atoms with Gasteiger partial charge in [-0.25, -0.2) is 0 Å². The van der Waals surface area contributed by atoms with Gasteiger partial charge in [-0.05, 0) is 64.5 Å². The number of imidazole rings is 1. The Hall–Kier alpha value is -0.430. The number of fused-ring (bicyclic) bond motifs is 1. The molecule has 0 atom stereocenters. The first-order valence-electron chi connectivity index (χ1n) is 5.42. The molecule has 1 heterocycles. The van der Waals surface area contributed by atoms with Crippen molar-refractivity contribution in [2.45, 2.75) is 0 Å². The van der Waals surface area contributed by atoms with Crippen LogP contribution in [0.5, 0.6) is 0 Å². The van der Waals surface area contributed by atoms with E-state index in [0.717, 1.165) is 30.1 Å². The van der Waals surface area contributed by atoms with Crippen molar-refractivity contribution in [1.82, 2.24) is 9.55 Å². The summed E-state index contributed by atoms with van der Waals surface area (Å²) >= 11 is 16.0. The van der Waals surface area contributed by atoms with Crippen LogP contribution in [0, 0.1) is 4.77 Å². The lowest BCUT2D eigenvalue weighted by Crippen LogP contribution is -1.95. The Bertz CT molecular complexity index is 836. The Balaban J connectivity index is 2.39. The minimum absolute atomic E-state index is 0.673. The number of aromatic amines is 1. The number of H-pyrrole nitrogens is 1. The predicted octanol–water partition coefficient (Wildman–Crippen LogP) is 5.98. The van der Waals surface area contributed by atoms with Gasteiger partial charge in [0, 0.05) is 13.4 Å². The van der Waals surface area contributed by atoms with Gasteiger partial charge in [0.1, 0.15) is 0 Å². The van der Waals surface area contributed by atoms with E-state index in [0.29, 0.717) is 4.77 Å². The van der Waals surface area contributed by atoms with Gasteiger partial charge in [0.05, 0.1) is 16.7 Å². The van der Waals surface area contributed by atoms with Crippen molar-refractivity contribution in [3.63, 3.8) is 0 Å². The molecule has 2 nitrogen and oxygen atoms in total. The lowest BCUT2D eigenvalue weighted by Gasteiger charge is -2.08. The van der Waals surface area contributed by atoms with E-state index in [-0.39, 0.29) is 0 Å². The number of aromatic nitrogens is 2. The van der Waals surface area contributed by atoms with Crippen molar-refractivity contribution in [3.05, 3.63) is 54.6 Å². The molecular weight excluding hydrogens is 456 g/mol.